The van der Waals surface area contributed by atoms with Gasteiger partial charge in [0.05, 0.1) is 25.5 Å². The highest BCUT2D eigenvalue weighted by atomic mass is 16.3. The van der Waals surface area contributed by atoms with Gasteiger partial charge in [0, 0.05) is 41.5 Å². The molecule has 0 aliphatic carbocycles. The van der Waals surface area contributed by atoms with Gasteiger partial charge in [-0.25, -0.2) is 4.98 Å². The van der Waals surface area contributed by atoms with Gasteiger partial charge in [-0.1, -0.05) is 32.0 Å². The Balaban J connectivity index is 1.58. The van der Waals surface area contributed by atoms with Crippen molar-refractivity contribution in [1.29, 1.82) is 0 Å². The van der Waals surface area contributed by atoms with Crippen molar-refractivity contribution >= 4 is 34.5 Å². The number of para-hydroxylation sites is 1. The van der Waals surface area contributed by atoms with Crippen molar-refractivity contribution in [2.75, 3.05) is 20.2 Å². The number of rotatable bonds is 15. The van der Waals surface area contributed by atoms with Crippen LogP contribution in [0.1, 0.15) is 32.0 Å². The molecule has 4 unspecified atom stereocenters. The summed E-state index contributed by atoms with van der Waals surface area (Å²) in [6.45, 7) is 4.57. The summed E-state index contributed by atoms with van der Waals surface area (Å²) >= 11 is 0. The van der Waals surface area contributed by atoms with Crippen LogP contribution in [0.2, 0.25) is 0 Å². The number of amides is 4. The van der Waals surface area contributed by atoms with Gasteiger partial charge in [-0.3, -0.25) is 19.2 Å². The number of hydrogen-bond acceptors (Lipinski definition) is 7. The first kappa shape index (κ1) is 31.3. The van der Waals surface area contributed by atoms with Crippen LogP contribution in [0.25, 0.3) is 10.9 Å². The van der Waals surface area contributed by atoms with Crippen molar-refractivity contribution in [3.8, 4) is 0 Å². The zero-order valence-electron chi connectivity index (χ0n) is 23.8. The Kier molecular flexibility index (Phi) is 11.4. The van der Waals surface area contributed by atoms with E-state index in [4.69, 9.17) is 0 Å². The topological polar surface area (TPSA) is 193 Å². The Morgan fingerprint density at radius 1 is 0.927 bits per heavy atom. The van der Waals surface area contributed by atoms with E-state index in [-0.39, 0.29) is 24.9 Å². The van der Waals surface area contributed by atoms with E-state index in [2.05, 4.69) is 41.5 Å². The van der Waals surface area contributed by atoms with Crippen molar-refractivity contribution in [2.45, 2.75) is 57.8 Å². The molecule has 4 atom stereocenters. The molecule has 8 N–H and O–H groups in total. The molecule has 0 saturated heterocycles. The van der Waals surface area contributed by atoms with Crippen LogP contribution in [-0.4, -0.2) is 88.1 Å². The second-order valence-electron chi connectivity index (χ2n) is 10.3. The normalized spacial score (nSPS) is 14.2. The number of carbonyl (C=O) groups is 4. The van der Waals surface area contributed by atoms with E-state index in [9.17, 15) is 24.3 Å². The standard InChI is InChI=1S/C28H40N8O5/c1-16(2)25(36-26(39)22(29-4)9-18-11-31-21-8-6-5-7-20(18)21)28(41)32-13-24(38)35-23(10-19-12-30-15-33-19)27(40)34-17(3)14-37/h5-8,11-12,15-17,22-23,25,29,31,37H,9-10,13-14H2,1-4H3,(H,30,33)(H,32,41)(H,34,40)(H,35,38)(H,36,39). The molecule has 2 aromatic heterocycles. The van der Waals surface area contributed by atoms with E-state index in [1.165, 1.54) is 12.5 Å². The molecular formula is C28H40N8O5. The van der Waals surface area contributed by atoms with E-state index < -0.39 is 48.4 Å². The third-order valence-corrected chi connectivity index (χ3v) is 6.73. The number of imidazole rings is 1. The minimum atomic E-state index is -0.963. The molecular weight excluding hydrogens is 528 g/mol. The average Bonchev–Trinajstić information content (AvgIpc) is 3.62. The highest BCUT2D eigenvalue weighted by Gasteiger charge is 2.29. The number of fused-ring (bicyclic) bond motifs is 1. The molecule has 3 aromatic rings. The first-order chi connectivity index (χ1) is 19.6. The Morgan fingerprint density at radius 3 is 2.32 bits per heavy atom. The van der Waals surface area contributed by atoms with Crippen LogP contribution in [0, 0.1) is 5.92 Å². The van der Waals surface area contributed by atoms with Crippen LogP contribution in [0.4, 0.5) is 0 Å². The third kappa shape index (κ3) is 8.88. The smallest absolute Gasteiger partial charge is 0.243 e. The van der Waals surface area contributed by atoms with Gasteiger partial charge in [0.1, 0.15) is 12.1 Å². The number of aromatic nitrogens is 3. The minimum absolute atomic E-state index is 0.135. The predicted molar refractivity (Wildman–Crippen MR) is 154 cm³/mol. The molecule has 0 saturated carbocycles. The number of likely N-dealkylation sites (N-methyl/N-ethyl adjacent to an activating group) is 1. The summed E-state index contributed by atoms with van der Waals surface area (Å²) in [5.41, 5.74) is 2.57. The van der Waals surface area contributed by atoms with Crippen LogP contribution >= 0.6 is 0 Å². The number of aliphatic hydroxyl groups is 1. The zero-order valence-corrected chi connectivity index (χ0v) is 23.8. The lowest BCUT2D eigenvalue weighted by Crippen LogP contribution is -2.56. The highest BCUT2D eigenvalue weighted by molar-refractivity contribution is 5.94. The second-order valence-corrected chi connectivity index (χ2v) is 10.3. The number of carbonyl (C=O) groups excluding carboxylic acids is 4. The van der Waals surface area contributed by atoms with Gasteiger partial charge in [0.2, 0.25) is 23.6 Å². The highest BCUT2D eigenvalue weighted by Crippen LogP contribution is 2.19. The van der Waals surface area contributed by atoms with Gasteiger partial charge in [-0.2, -0.15) is 0 Å². The van der Waals surface area contributed by atoms with E-state index >= 15 is 0 Å². The second kappa shape index (κ2) is 15.0. The van der Waals surface area contributed by atoms with Crippen molar-refractivity contribution in [2.24, 2.45) is 5.92 Å². The molecule has 2 heterocycles. The monoisotopic (exact) mass is 568 g/mol. The molecule has 0 spiro atoms. The fourth-order valence-electron chi connectivity index (χ4n) is 4.37. The fraction of sp³-hybridized carbons (Fsp3) is 0.464. The quantitative estimate of drug-likeness (QED) is 0.121. The summed E-state index contributed by atoms with van der Waals surface area (Å²) in [4.78, 5) is 61.6. The first-order valence-corrected chi connectivity index (χ1v) is 13.6. The lowest BCUT2D eigenvalue weighted by molar-refractivity contribution is -0.132. The number of nitrogens with zero attached hydrogens (tertiary/aromatic N) is 1. The van der Waals surface area contributed by atoms with Crippen LogP contribution in [0.3, 0.4) is 0 Å². The summed E-state index contributed by atoms with van der Waals surface area (Å²) < 4.78 is 0. The summed E-state index contributed by atoms with van der Waals surface area (Å²) in [6.07, 6.45) is 5.42. The molecule has 13 heteroatoms. The van der Waals surface area contributed by atoms with Gasteiger partial charge in [0.15, 0.2) is 0 Å². The SMILES string of the molecule is CNC(Cc1c[nH]c2ccccc12)C(=O)NC(C(=O)NCC(=O)NC(Cc1cnc[nH]1)C(=O)NC(C)CO)C(C)C. The Hall–Kier alpha value is -4.23. The number of aromatic amines is 2. The maximum Gasteiger partial charge on any atom is 0.243 e. The fourth-order valence-corrected chi connectivity index (χ4v) is 4.37. The molecule has 4 amide bonds. The molecule has 0 radical (unpaired) electrons. The lowest BCUT2D eigenvalue weighted by Gasteiger charge is -2.25. The van der Waals surface area contributed by atoms with Crippen molar-refractivity contribution in [3.05, 3.63) is 54.2 Å². The maximum atomic E-state index is 13.2. The van der Waals surface area contributed by atoms with Crippen molar-refractivity contribution in [1.82, 2.24) is 41.5 Å². The number of hydrogen-bond donors (Lipinski definition) is 8. The van der Waals surface area contributed by atoms with Crippen molar-refractivity contribution < 1.29 is 24.3 Å². The van der Waals surface area contributed by atoms with Crippen LogP contribution in [-0.2, 0) is 32.0 Å². The van der Waals surface area contributed by atoms with Gasteiger partial charge < -0.3 is 41.7 Å². The largest absolute Gasteiger partial charge is 0.394 e. The van der Waals surface area contributed by atoms with Crippen LogP contribution in [0.5, 0.6) is 0 Å². The number of aliphatic hydroxyl groups excluding tert-OH is 1. The van der Waals surface area contributed by atoms with Gasteiger partial charge >= 0.3 is 0 Å². The zero-order chi connectivity index (χ0) is 29.9. The van der Waals surface area contributed by atoms with Crippen molar-refractivity contribution in [3.63, 3.8) is 0 Å². The molecule has 0 aliphatic heterocycles. The summed E-state index contributed by atoms with van der Waals surface area (Å²) in [5, 5.41) is 23.9. The lowest BCUT2D eigenvalue weighted by atomic mass is 10.0. The van der Waals surface area contributed by atoms with Crippen LogP contribution < -0.4 is 26.6 Å². The number of H-pyrrole nitrogens is 2. The van der Waals surface area contributed by atoms with Gasteiger partial charge in [0.25, 0.3) is 0 Å². The molecule has 0 fully saturated rings. The molecule has 0 bridgehead atoms. The first-order valence-electron chi connectivity index (χ1n) is 13.6. The summed E-state index contributed by atoms with van der Waals surface area (Å²) in [5.74, 6) is -2.19. The van der Waals surface area contributed by atoms with E-state index in [1.54, 1.807) is 27.8 Å². The van der Waals surface area contributed by atoms with E-state index in [0.717, 1.165) is 16.5 Å². The van der Waals surface area contributed by atoms with Gasteiger partial charge in [-0.05, 0) is 37.9 Å². The molecule has 41 heavy (non-hydrogen) atoms. The van der Waals surface area contributed by atoms with Crippen LogP contribution in [0.15, 0.2) is 43.0 Å². The Labute approximate surface area is 238 Å². The molecule has 13 nitrogen and oxygen atoms in total. The molecule has 1 aromatic carbocycles. The van der Waals surface area contributed by atoms with E-state index in [0.29, 0.717) is 12.1 Å². The number of benzene rings is 1. The van der Waals surface area contributed by atoms with E-state index in [1.807, 2.05) is 30.5 Å². The minimum Gasteiger partial charge on any atom is -0.394 e. The Morgan fingerprint density at radius 2 is 1.66 bits per heavy atom. The van der Waals surface area contributed by atoms with Gasteiger partial charge in [-0.15, -0.1) is 0 Å². The third-order valence-electron chi connectivity index (χ3n) is 6.73. The predicted octanol–water partition coefficient (Wildman–Crippen LogP) is -0.497. The maximum absolute atomic E-state index is 13.2. The average molecular weight is 569 g/mol. The number of nitrogens with one attached hydrogen (secondary N) is 7. The molecule has 222 valence electrons. The summed E-state index contributed by atoms with van der Waals surface area (Å²) in [6, 6.07) is 4.88. The Bertz CT molecular complexity index is 1310. The molecule has 3 rings (SSSR count). The summed E-state index contributed by atoms with van der Waals surface area (Å²) in [7, 11) is 1.69. The molecule has 0 aliphatic rings.